The molecule has 4 heteroatoms. The highest BCUT2D eigenvalue weighted by molar-refractivity contribution is 5.90. The zero-order valence-electron chi connectivity index (χ0n) is 11.6. The van der Waals surface area contributed by atoms with Crippen molar-refractivity contribution in [3.8, 4) is 0 Å². The zero-order valence-corrected chi connectivity index (χ0v) is 11.6. The molecule has 1 saturated heterocycles. The average molecular weight is 261 g/mol. The fraction of sp³-hybridized carbons (Fsp3) is 0.467. The number of ketones is 1. The smallest absolute Gasteiger partial charge is 0.337 e. The molecule has 2 rings (SSSR count). The molecule has 1 heterocycles. The summed E-state index contributed by atoms with van der Waals surface area (Å²) < 4.78 is 4.67. The standard InChI is InChI=1S/C15H19NO3/c1-15(2)10-16(9-8-13(15)17)12-6-4-11(5-7-12)14(18)19-3/h4-7H,8-10H2,1-3H3. The van der Waals surface area contributed by atoms with E-state index in [1.54, 1.807) is 12.1 Å². The molecule has 0 radical (unpaired) electrons. The lowest BCUT2D eigenvalue weighted by Gasteiger charge is -2.38. The highest BCUT2D eigenvalue weighted by Gasteiger charge is 2.34. The monoisotopic (exact) mass is 261 g/mol. The van der Waals surface area contributed by atoms with E-state index in [1.165, 1.54) is 7.11 Å². The Morgan fingerprint density at radius 2 is 1.89 bits per heavy atom. The first-order chi connectivity index (χ1) is 8.94. The lowest BCUT2D eigenvalue weighted by Crippen LogP contribution is -2.46. The van der Waals surface area contributed by atoms with E-state index in [9.17, 15) is 9.59 Å². The molecule has 0 atom stereocenters. The Morgan fingerprint density at radius 3 is 2.42 bits per heavy atom. The van der Waals surface area contributed by atoms with Crippen molar-refractivity contribution in [2.24, 2.45) is 5.41 Å². The van der Waals surface area contributed by atoms with E-state index >= 15 is 0 Å². The van der Waals surface area contributed by atoms with Gasteiger partial charge in [0.2, 0.25) is 0 Å². The summed E-state index contributed by atoms with van der Waals surface area (Å²) >= 11 is 0. The second-order valence-corrected chi connectivity index (χ2v) is 5.52. The van der Waals surface area contributed by atoms with Crippen molar-refractivity contribution >= 4 is 17.4 Å². The minimum Gasteiger partial charge on any atom is -0.465 e. The maximum atomic E-state index is 11.8. The molecule has 102 valence electrons. The van der Waals surface area contributed by atoms with Crippen molar-refractivity contribution in [1.29, 1.82) is 0 Å². The lowest BCUT2D eigenvalue weighted by atomic mass is 9.82. The molecule has 1 fully saturated rings. The van der Waals surface area contributed by atoms with Gasteiger partial charge in [0.25, 0.3) is 0 Å². The van der Waals surface area contributed by atoms with E-state index in [4.69, 9.17) is 0 Å². The van der Waals surface area contributed by atoms with Crippen molar-refractivity contribution in [2.45, 2.75) is 20.3 Å². The van der Waals surface area contributed by atoms with Crippen LogP contribution in [-0.2, 0) is 9.53 Å². The minimum atomic E-state index is -0.333. The summed E-state index contributed by atoms with van der Waals surface area (Å²) in [6, 6.07) is 7.31. The average Bonchev–Trinajstić information content (AvgIpc) is 2.41. The maximum absolute atomic E-state index is 11.8. The number of carbonyl (C=O) groups excluding carboxylic acids is 2. The highest BCUT2D eigenvalue weighted by atomic mass is 16.5. The van der Waals surface area contributed by atoms with Gasteiger partial charge in [-0.25, -0.2) is 4.79 Å². The molecule has 4 nitrogen and oxygen atoms in total. The summed E-state index contributed by atoms with van der Waals surface area (Å²) in [6.45, 7) is 5.40. The molecule has 0 aliphatic carbocycles. The van der Waals surface area contributed by atoms with Gasteiger partial charge < -0.3 is 9.64 Å². The van der Waals surface area contributed by atoms with Gasteiger partial charge in [-0.05, 0) is 24.3 Å². The third-order valence-electron chi connectivity index (χ3n) is 3.60. The number of carbonyl (C=O) groups is 2. The van der Waals surface area contributed by atoms with Crippen molar-refractivity contribution in [3.05, 3.63) is 29.8 Å². The number of Topliss-reactive ketones (excluding diaryl/α,β-unsaturated/α-hetero) is 1. The molecule has 0 N–H and O–H groups in total. The van der Waals surface area contributed by atoms with Crippen LogP contribution in [0.5, 0.6) is 0 Å². The first kappa shape index (κ1) is 13.6. The van der Waals surface area contributed by atoms with Crippen LogP contribution in [0.1, 0.15) is 30.6 Å². The van der Waals surface area contributed by atoms with Gasteiger partial charge in [0, 0.05) is 30.6 Å². The summed E-state index contributed by atoms with van der Waals surface area (Å²) in [5.41, 5.74) is 1.27. The van der Waals surface area contributed by atoms with Crippen LogP contribution >= 0.6 is 0 Å². The predicted molar refractivity (Wildman–Crippen MR) is 73.4 cm³/mol. The summed E-state index contributed by atoms with van der Waals surface area (Å²) in [4.78, 5) is 25.3. The molecule has 19 heavy (non-hydrogen) atoms. The lowest BCUT2D eigenvalue weighted by molar-refractivity contribution is -0.127. The van der Waals surface area contributed by atoms with Crippen LogP contribution in [0.15, 0.2) is 24.3 Å². The molecule has 1 aliphatic rings. The van der Waals surface area contributed by atoms with E-state index in [2.05, 4.69) is 9.64 Å². The van der Waals surface area contributed by atoms with E-state index < -0.39 is 0 Å². The number of benzene rings is 1. The molecule has 0 bridgehead atoms. The van der Waals surface area contributed by atoms with Crippen LogP contribution in [0.25, 0.3) is 0 Å². The van der Waals surface area contributed by atoms with Crippen LogP contribution in [0.3, 0.4) is 0 Å². The largest absolute Gasteiger partial charge is 0.465 e. The topological polar surface area (TPSA) is 46.6 Å². The molecular formula is C15H19NO3. The van der Waals surface area contributed by atoms with Gasteiger partial charge >= 0.3 is 5.97 Å². The normalized spacial score (nSPS) is 18.3. The van der Waals surface area contributed by atoms with Crippen LogP contribution < -0.4 is 4.90 Å². The summed E-state index contributed by atoms with van der Waals surface area (Å²) in [5.74, 6) is -0.0179. The quantitative estimate of drug-likeness (QED) is 0.766. The van der Waals surface area contributed by atoms with Gasteiger partial charge in [-0.3, -0.25) is 4.79 Å². The van der Waals surface area contributed by atoms with Gasteiger partial charge in [0.15, 0.2) is 0 Å². The molecule has 0 amide bonds. The number of hydrogen-bond donors (Lipinski definition) is 0. The Hall–Kier alpha value is -1.84. The molecule has 0 spiro atoms. The van der Waals surface area contributed by atoms with E-state index in [0.717, 1.165) is 12.2 Å². The van der Waals surface area contributed by atoms with Crippen molar-refractivity contribution in [2.75, 3.05) is 25.1 Å². The Bertz CT molecular complexity index is 491. The summed E-state index contributed by atoms with van der Waals surface area (Å²) in [6.07, 6.45) is 0.575. The number of rotatable bonds is 2. The maximum Gasteiger partial charge on any atom is 0.337 e. The Labute approximate surface area is 113 Å². The minimum absolute atomic E-state index is 0.306. The number of hydrogen-bond acceptors (Lipinski definition) is 4. The fourth-order valence-corrected chi connectivity index (χ4v) is 2.37. The zero-order chi connectivity index (χ0) is 14.0. The van der Waals surface area contributed by atoms with Gasteiger partial charge in [-0.15, -0.1) is 0 Å². The number of anilines is 1. The number of methoxy groups -OCH3 is 1. The number of ether oxygens (including phenoxy) is 1. The van der Waals surface area contributed by atoms with E-state index in [1.807, 2.05) is 26.0 Å². The Kier molecular flexibility index (Phi) is 3.60. The number of esters is 1. The summed E-state index contributed by atoms with van der Waals surface area (Å²) in [7, 11) is 1.37. The van der Waals surface area contributed by atoms with Crippen LogP contribution in [-0.4, -0.2) is 32.0 Å². The van der Waals surface area contributed by atoms with Crippen LogP contribution in [0, 0.1) is 5.41 Å². The Morgan fingerprint density at radius 1 is 1.26 bits per heavy atom. The van der Waals surface area contributed by atoms with Crippen LogP contribution in [0.4, 0.5) is 5.69 Å². The van der Waals surface area contributed by atoms with Crippen LogP contribution in [0.2, 0.25) is 0 Å². The predicted octanol–water partition coefficient (Wildman–Crippen LogP) is 2.28. The number of nitrogens with zero attached hydrogens (tertiary/aromatic N) is 1. The van der Waals surface area contributed by atoms with E-state index in [-0.39, 0.29) is 11.4 Å². The van der Waals surface area contributed by atoms with Gasteiger partial charge in [-0.2, -0.15) is 0 Å². The highest BCUT2D eigenvalue weighted by Crippen LogP contribution is 2.29. The SMILES string of the molecule is COC(=O)c1ccc(N2CCC(=O)C(C)(C)C2)cc1. The van der Waals surface area contributed by atoms with E-state index in [0.29, 0.717) is 24.3 Å². The third-order valence-corrected chi connectivity index (χ3v) is 3.60. The van der Waals surface area contributed by atoms with Crippen molar-refractivity contribution in [3.63, 3.8) is 0 Å². The first-order valence-corrected chi connectivity index (χ1v) is 6.41. The van der Waals surface area contributed by atoms with Gasteiger partial charge in [0.05, 0.1) is 12.7 Å². The molecule has 1 aliphatic heterocycles. The second kappa shape index (κ2) is 5.03. The Balaban J connectivity index is 2.15. The first-order valence-electron chi connectivity index (χ1n) is 6.41. The molecular weight excluding hydrogens is 242 g/mol. The van der Waals surface area contributed by atoms with Crippen molar-refractivity contribution in [1.82, 2.24) is 0 Å². The second-order valence-electron chi connectivity index (χ2n) is 5.52. The number of piperidine rings is 1. The van der Waals surface area contributed by atoms with Crippen molar-refractivity contribution < 1.29 is 14.3 Å². The fourth-order valence-electron chi connectivity index (χ4n) is 2.37. The molecule has 0 unspecified atom stereocenters. The van der Waals surface area contributed by atoms with Gasteiger partial charge in [0.1, 0.15) is 5.78 Å². The summed E-state index contributed by atoms with van der Waals surface area (Å²) in [5, 5.41) is 0. The van der Waals surface area contributed by atoms with Gasteiger partial charge in [-0.1, -0.05) is 13.8 Å². The molecule has 0 saturated carbocycles. The molecule has 1 aromatic carbocycles. The molecule has 0 aromatic heterocycles. The third kappa shape index (κ3) is 2.78. The molecule has 1 aromatic rings.